The van der Waals surface area contributed by atoms with Crippen molar-refractivity contribution in [3.63, 3.8) is 0 Å². The molecule has 104 valence electrons. The molecule has 0 spiro atoms. The minimum atomic E-state index is -0.403. The van der Waals surface area contributed by atoms with Crippen LogP contribution in [-0.4, -0.2) is 15.9 Å². The zero-order valence-corrected chi connectivity index (χ0v) is 12.0. The number of para-hydroxylation sites is 1. The molecular formula is C14H15ClN4O. The lowest BCUT2D eigenvalue weighted by molar-refractivity contribution is 0.102. The number of nitrogen functional groups attached to an aromatic ring is 1. The van der Waals surface area contributed by atoms with Crippen molar-refractivity contribution in [3.8, 4) is 0 Å². The van der Waals surface area contributed by atoms with Crippen molar-refractivity contribution in [2.45, 2.75) is 19.8 Å². The molecule has 2 rings (SSSR count). The van der Waals surface area contributed by atoms with E-state index in [0.29, 0.717) is 16.5 Å². The SMILES string of the molecule is CC(C)c1ncc(N)c(C(=O)Nc2ccccc2Cl)n1. The third-order valence-electron chi connectivity index (χ3n) is 2.69. The van der Waals surface area contributed by atoms with Gasteiger partial charge in [0.25, 0.3) is 5.91 Å². The van der Waals surface area contributed by atoms with Crippen LogP contribution in [-0.2, 0) is 0 Å². The highest BCUT2D eigenvalue weighted by Gasteiger charge is 2.15. The molecule has 0 atom stereocenters. The lowest BCUT2D eigenvalue weighted by Crippen LogP contribution is -2.18. The van der Waals surface area contributed by atoms with E-state index in [0.717, 1.165) is 0 Å². The van der Waals surface area contributed by atoms with Crippen LogP contribution in [0.2, 0.25) is 5.02 Å². The quantitative estimate of drug-likeness (QED) is 0.910. The maximum Gasteiger partial charge on any atom is 0.276 e. The number of benzene rings is 1. The Morgan fingerprint density at radius 1 is 1.35 bits per heavy atom. The summed E-state index contributed by atoms with van der Waals surface area (Å²) in [5.41, 5.74) is 6.67. The topological polar surface area (TPSA) is 80.9 Å². The zero-order valence-electron chi connectivity index (χ0n) is 11.2. The summed E-state index contributed by atoms with van der Waals surface area (Å²) in [4.78, 5) is 20.5. The van der Waals surface area contributed by atoms with Gasteiger partial charge < -0.3 is 11.1 Å². The molecule has 1 aromatic carbocycles. The third kappa shape index (κ3) is 3.05. The first-order valence-corrected chi connectivity index (χ1v) is 6.55. The number of nitrogens with zero attached hydrogens (tertiary/aromatic N) is 2. The molecule has 2 aromatic rings. The first-order chi connectivity index (χ1) is 9.49. The number of halogens is 1. The molecule has 6 heteroatoms. The van der Waals surface area contributed by atoms with Gasteiger partial charge in [0.1, 0.15) is 5.82 Å². The number of carbonyl (C=O) groups is 1. The summed E-state index contributed by atoms with van der Waals surface area (Å²) in [6.07, 6.45) is 1.45. The van der Waals surface area contributed by atoms with E-state index in [1.807, 2.05) is 13.8 Å². The number of carbonyl (C=O) groups excluding carboxylic acids is 1. The van der Waals surface area contributed by atoms with E-state index in [4.69, 9.17) is 17.3 Å². The van der Waals surface area contributed by atoms with Gasteiger partial charge in [-0.05, 0) is 12.1 Å². The van der Waals surface area contributed by atoms with Gasteiger partial charge in [0, 0.05) is 5.92 Å². The Bertz CT molecular complexity index is 643. The van der Waals surface area contributed by atoms with Crippen LogP contribution in [0.15, 0.2) is 30.5 Å². The van der Waals surface area contributed by atoms with Gasteiger partial charge in [-0.25, -0.2) is 9.97 Å². The molecule has 1 aromatic heterocycles. The summed E-state index contributed by atoms with van der Waals surface area (Å²) >= 11 is 6.00. The molecule has 0 aliphatic carbocycles. The fraction of sp³-hybridized carbons (Fsp3) is 0.214. The van der Waals surface area contributed by atoms with E-state index < -0.39 is 5.91 Å². The van der Waals surface area contributed by atoms with Crippen molar-refractivity contribution in [1.29, 1.82) is 0 Å². The Hall–Kier alpha value is -2.14. The van der Waals surface area contributed by atoms with Gasteiger partial charge in [-0.1, -0.05) is 37.6 Å². The second-order valence-corrected chi connectivity index (χ2v) is 5.03. The van der Waals surface area contributed by atoms with Gasteiger partial charge in [-0.2, -0.15) is 0 Å². The maximum atomic E-state index is 12.2. The Morgan fingerprint density at radius 3 is 2.70 bits per heavy atom. The van der Waals surface area contributed by atoms with Crippen molar-refractivity contribution in [3.05, 3.63) is 47.0 Å². The van der Waals surface area contributed by atoms with Crippen molar-refractivity contribution in [2.24, 2.45) is 0 Å². The van der Waals surface area contributed by atoms with E-state index in [1.54, 1.807) is 24.3 Å². The van der Waals surface area contributed by atoms with Crippen LogP contribution in [0.4, 0.5) is 11.4 Å². The van der Waals surface area contributed by atoms with Crippen LogP contribution in [0.3, 0.4) is 0 Å². The maximum absolute atomic E-state index is 12.2. The first kappa shape index (κ1) is 14.3. The number of hydrogen-bond donors (Lipinski definition) is 2. The smallest absolute Gasteiger partial charge is 0.276 e. The van der Waals surface area contributed by atoms with Crippen LogP contribution in [0.25, 0.3) is 0 Å². The summed E-state index contributed by atoms with van der Waals surface area (Å²) in [5, 5.41) is 3.15. The second-order valence-electron chi connectivity index (χ2n) is 4.62. The monoisotopic (exact) mass is 290 g/mol. The van der Waals surface area contributed by atoms with Crippen molar-refractivity contribution in [1.82, 2.24) is 9.97 Å². The summed E-state index contributed by atoms with van der Waals surface area (Å²) in [6, 6.07) is 6.97. The van der Waals surface area contributed by atoms with Crippen molar-refractivity contribution >= 4 is 28.9 Å². The van der Waals surface area contributed by atoms with E-state index in [1.165, 1.54) is 6.20 Å². The molecule has 0 saturated heterocycles. The standard InChI is InChI=1S/C14H15ClN4O/c1-8(2)13-17-7-10(16)12(19-13)14(20)18-11-6-4-3-5-9(11)15/h3-8H,16H2,1-2H3,(H,18,20). The molecule has 0 unspecified atom stereocenters. The molecule has 0 saturated carbocycles. The highest BCUT2D eigenvalue weighted by molar-refractivity contribution is 6.33. The number of anilines is 2. The Labute approximate surface area is 122 Å². The number of nitrogens with one attached hydrogen (secondary N) is 1. The van der Waals surface area contributed by atoms with E-state index in [2.05, 4.69) is 15.3 Å². The predicted octanol–water partition coefficient (Wildman–Crippen LogP) is 3.09. The Kier molecular flexibility index (Phi) is 4.20. The molecular weight excluding hydrogens is 276 g/mol. The molecule has 3 N–H and O–H groups in total. The molecule has 20 heavy (non-hydrogen) atoms. The summed E-state index contributed by atoms with van der Waals surface area (Å²) in [5.74, 6) is 0.283. The largest absolute Gasteiger partial charge is 0.396 e. The lowest BCUT2D eigenvalue weighted by Gasteiger charge is -2.10. The van der Waals surface area contributed by atoms with E-state index in [9.17, 15) is 4.79 Å². The lowest BCUT2D eigenvalue weighted by atomic mass is 10.2. The molecule has 0 fully saturated rings. The second kappa shape index (κ2) is 5.88. The van der Waals surface area contributed by atoms with Gasteiger partial charge in [0.15, 0.2) is 5.69 Å². The van der Waals surface area contributed by atoms with Gasteiger partial charge in [0.05, 0.1) is 22.6 Å². The van der Waals surface area contributed by atoms with Crippen molar-refractivity contribution in [2.75, 3.05) is 11.1 Å². The Morgan fingerprint density at radius 2 is 2.05 bits per heavy atom. The highest BCUT2D eigenvalue weighted by Crippen LogP contribution is 2.22. The van der Waals surface area contributed by atoms with Gasteiger partial charge in [-0.3, -0.25) is 4.79 Å². The first-order valence-electron chi connectivity index (χ1n) is 6.17. The zero-order chi connectivity index (χ0) is 14.7. The average Bonchev–Trinajstić information content (AvgIpc) is 2.41. The van der Waals surface area contributed by atoms with Crippen LogP contribution in [0, 0.1) is 0 Å². The molecule has 1 heterocycles. The average molecular weight is 291 g/mol. The highest BCUT2D eigenvalue weighted by atomic mass is 35.5. The van der Waals surface area contributed by atoms with Gasteiger partial charge >= 0.3 is 0 Å². The summed E-state index contributed by atoms with van der Waals surface area (Å²) < 4.78 is 0. The van der Waals surface area contributed by atoms with Crippen molar-refractivity contribution < 1.29 is 4.79 Å². The molecule has 0 bridgehead atoms. The van der Waals surface area contributed by atoms with E-state index >= 15 is 0 Å². The third-order valence-corrected chi connectivity index (χ3v) is 3.02. The van der Waals surface area contributed by atoms with Crippen LogP contribution in [0.1, 0.15) is 36.1 Å². The Balaban J connectivity index is 2.30. The number of nitrogens with two attached hydrogens (primary N) is 1. The number of aromatic nitrogens is 2. The normalized spacial score (nSPS) is 10.6. The fourth-order valence-electron chi connectivity index (χ4n) is 1.61. The van der Waals surface area contributed by atoms with Gasteiger partial charge in [-0.15, -0.1) is 0 Å². The van der Waals surface area contributed by atoms with Crippen LogP contribution >= 0.6 is 11.6 Å². The molecule has 0 radical (unpaired) electrons. The minimum absolute atomic E-state index is 0.113. The molecule has 0 aliphatic heterocycles. The molecule has 5 nitrogen and oxygen atoms in total. The predicted molar refractivity (Wildman–Crippen MR) is 79.9 cm³/mol. The number of rotatable bonds is 3. The van der Waals surface area contributed by atoms with Crippen LogP contribution in [0.5, 0.6) is 0 Å². The van der Waals surface area contributed by atoms with E-state index in [-0.39, 0.29) is 17.3 Å². The fourth-order valence-corrected chi connectivity index (χ4v) is 1.79. The van der Waals surface area contributed by atoms with Crippen LogP contribution < -0.4 is 11.1 Å². The summed E-state index contributed by atoms with van der Waals surface area (Å²) in [7, 11) is 0. The number of hydrogen-bond acceptors (Lipinski definition) is 4. The minimum Gasteiger partial charge on any atom is -0.396 e. The summed E-state index contributed by atoms with van der Waals surface area (Å²) in [6.45, 7) is 3.89. The van der Waals surface area contributed by atoms with Gasteiger partial charge in [0.2, 0.25) is 0 Å². The molecule has 0 aliphatic rings. The molecule has 1 amide bonds. The number of amides is 1.